The number of hydrogen-bond acceptors (Lipinski definition) is 5. The van der Waals surface area contributed by atoms with E-state index in [1.165, 1.54) is 12.1 Å². The van der Waals surface area contributed by atoms with Gasteiger partial charge in [0.1, 0.15) is 17.4 Å². The monoisotopic (exact) mass is 427 g/mol. The van der Waals surface area contributed by atoms with Gasteiger partial charge < -0.3 is 4.98 Å². The van der Waals surface area contributed by atoms with E-state index in [4.69, 9.17) is 12.2 Å². The summed E-state index contributed by atoms with van der Waals surface area (Å²) in [6, 6.07) is 15.4. The Morgan fingerprint density at radius 3 is 2.54 bits per heavy atom. The maximum Gasteiger partial charge on any atom is 0.199 e. The zero-order valence-corrected chi connectivity index (χ0v) is 15.6. The number of nitrogens with zero attached hydrogens (tertiary/aromatic N) is 3. The van der Waals surface area contributed by atoms with Crippen LogP contribution in [0.2, 0.25) is 0 Å². The first kappa shape index (κ1) is 17.9. The van der Waals surface area contributed by atoms with Crippen LogP contribution in [0.3, 0.4) is 0 Å². The summed E-state index contributed by atoms with van der Waals surface area (Å²) in [5.74, 6) is -0.138. The smallest absolute Gasteiger partial charge is 0.199 e. The fourth-order valence-electron chi connectivity index (χ4n) is 2.21. The second kappa shape index (κ2) is 7.99. The number of hydrogen-bond donors (Lipinski definition) is 2. The first-order valence-electron chi connectivity index (χ1n) is 7.42. The average molecular weight is 428 g/mol. The Hall–Kier alpha value is -2.89. The molecule has 0 radical (unpaired) electrons. The molecule has 0 fully saturated rings. The highest BCUT2D eigenvalue weighted by atomic mass is 79.9. The van der Waals surface area contributed by atoms with Gasteiger partial charge in [-0.2, -0.15) is 15.3 Å². The maximum absolute atomic E-state index is 13.2. The second-order valence-electron chi connectivity index (χ2n) is 5.18. The molecule has 3 rings (SSSR count). The molecule has 8 heteroatoms. The first-order chi connectivity index (χ1) is 12.6. The molecule has 0 bridgehead atoms. The maximum atomic E-state index is 13.2. The minimum absolute atomic E-state index is 0.185. The molecule has 0 atom stereocenters. The molecular formula is C18H11BrFN5S. The summed E-state index contributed by atoms with van der Waals surface area (Å²) in [5, 5.41) is 13.7. The standard InChI is InChI=1S/C18H11BrFN5S/c19-13-5-1-11(2-6-13)10-22-25-17-15(9-21)16(23-18(26)24-17)12-3-7-14(20)8-4-12/h1-8,10H,(H2,23,24,25,26)/b22-10+. The van der Waals surface area contributed by atoms with Crippen LogP contribution >= 0.6 is 28.1 Å². The first-order valence-corrected chi connectivity index (χ1v) is 8.62. The molecule has 2 N–H and O–H groups in total. The van der Waals surface area contributed by atoms with Gasteiger partial charge in [0.2, 0.25) is 0 Å². The predicted octanol–water partition coefficient (Wildman–Crippen LogP) is 5.03. The normalized spacial score (nSPS) is 10.7. The van der Waals surface area contributed by atoms with Gasteiger partial charge in [-0.3, -0.25) is 5.43 Å². The number of nitrogens with one attached hydrogen (secondary N) is 2. The van der Waals surface area contributed by atoms with Gasteiger partial charge in [0.25, 0.3) is 0 Å². The van der Waals surface area contributed by atoms with E-state index in [0.29, 0.717) is 11.3 Å². The number of aromatic amines is 1. The topological polar surface area (TPSA) is 76.9 Å². The third-order valence-electron chi connectivity index (χ3n) is 3.43. The number of nitriles is 1. The lowest BCUT2D eigenvalue weighted by Crippen LogP contribution is -2.02. The number of benzene rings is 2. The summed E-state index contributed by atoms with van der Waals surface area (Å²) in [7, 11) is 0. The Kier molecular flexibility index (Phi) is 5.51. The predicted molar refractivity (Wildman–Crippen MR) is 105 cm³/mol. The SMILES string of the molecule is N#Cc1c(N/N=C/c2ccc(Br)cc2)nc(=S)[nH]c1-c1ccc(F)cc1. The molecule has 0 spiro atoms. The van der Waals surface area contributed by atoms with Gasteiger partial charge in [0, 0.05) is 4.47 Å². The van der Waals surface area contributed by atoms with Crippen molar-refractivity contribution in [2.45, 2.75) is 0 Å². The average Bonchev–Trinajstić information content (AvgIpc) is 2.63. The summed E-state index contributed by atoms with van der Waals surface area (Å²) >= 11 is 8.50. The van der Waals surface area contributed by atoms with Crippen LogP contribution in [0.4, 0.5) is 10.2 Å². The molecule has 0 amide bonds. The Morgan fingerprint density at radius 1 is 1.19 bits per heavy atom. The summed E-state index contributed by atoms with van der Waals surface area (Å²) < 4.78 is 14.3. The minimum Gasteiger partial charge on any atom is -0.329 e. The number of halogens is 2. The molecular weight excluding hydrogens is 417 g/mol. The van der Waals surface area contributed by atoms with E-state index in [2.05, 4.69) is 42.5 Å². The summed E-state index contributed by atoms with van der Waals surface area (Å²) in [5.41, 5.74) is 4.94. The van der Waals surface area contributed by atoms with Crippen LogP contribution in [0.1, 0.15) is 11.1 Å². The van der Waals surface area contributed by atoms with Gasteiger partial charge in [0.05, 0.1) is 11.9 Å². The molecule has 1 aromatic heterocycles. The second-order valence-corrected chi connectivity index (χ2v) is 6.48. The van der Waals surface area contributed by atoms with E-state index in [9.17, 15) is 9.65 Å². The molecule has 26 heavy (non-hydrogen) atoms. The third kappa shape index (κ3) is 4.20. The fourth-order valence-corrected chi connectivity index (χ4v) is 2.67. The van der Waals surface area contributed by atoms with Crippen molar-refractivity contribution in [3.8, 4) is 17.3 Å². The van der Waals surface area contributed by atoms with Crippen LogP contribution in [0.15, 0.2) is 58.1 Å². The van der Waals surface area contributed by atoms with Crippen LogP contribution in [0.5, 0.6) is 0 Å². The highest BCUT2D eigenvalue weighted by Crippen LogP contribution is 2.25. The number of rotatable bonds is 4. The van der Waals surface area contributed by atoms with Crippen LogP contribution in [0, 0.1) is 21.9 Å². The summed E-state index contributed by atoms with van der Waals surface area (Å²) in [6.07, 6.45) is 1.60. The third-order valence-corrected chi connectivity index (χ3v) is 4.15. The van der Waals surface area contributed by atoms with Crippen molar-refractivity contribution in [2.24, 2.45) is 5.10 Å². The number of H-pyrrole nitrogens is 1. The van der Waals surface area contributed by atoms with E-state index in [-0.39, 0.29) is 22.0 Å². The molecule has 3 aromatic rings. The van der Waals surface area contributed by atoms with Crippen molar-refractivity contribution in [3.05, 3.63) is 74.7 Å². The summed E-state index contributed by atoms with van der Waals surface area (Å²) in [6.45, 7) is 0. The molecule has 0 unspecified atom stereocenters. The fraction of sp³-hybridized carbons (Fsp3) is 0. The Balaban J connectivity index is 1.94. The molecule has 0 saturated heterocycles. The van der Waals surface area contributed by atoms with E-state index in [0.717, 1.165) is 10.0 Å². The van der Waals surface area contributed by atoms with Gasteiger partial charge in [-0.1, -0.05) is 28.1 Å². The van der Waals surface area contributed by atoms with Crippen molar-refractivity contribution in [1.82, 2.24) is 9.97 Å². The van der Waals surface area contributed by atoms with Gasteiger partial charge in [-0.15, -0.1) is 0 Å². The molecule has 0 saturated carbocycles. The van der Waals surface area contributed by atoms with Gasteiger partial charge >= 0.3 is 0 Å². The highest BCUT2D eigenvalue weighted by molar-refractivity contribution is 9.10. The Bertz CT molecular complexity index is 1050. The van der Waals surface area contributed by atoms with Gasteiger partial charge in [0.15, 0.2) is 10.6 Å². The van der Waals surface area contributed by atoms with Crippen molar-refractivity contribution in [1.29, 1.82) is 5.26 Å². The van der Waals surface area contributed by atoms with Crippen LogP contribution in [-0.4, -0.2) is 16.2 Å². The lowest BCUT2D eigenvalue weighted by atomic mass is 10.1. The van der Waals surface area contributed by atoms with Crippen LogP contribution in [0.25, 0.3) is 11.3 Å². The number of anilines is 1. The van der Waals surface area contributed by atoms with Crippen molar-refractivity contribution >= 4 is 40.2 Å². The van der Waals surface area contributed by atoms with Crippen molar-refractivity contribution in [2.75, 3.05) is 5.43 Å². The molecule has 1 heterocycles. The largest absolute Gasteiger partial charge is 0.329 e. The summed E-state index contributed by atoms with van der Waals surface area (Å²) in [4.78, 5) is 7.00. The van der Waals surface area contributed by atoms with Crippen LogP contribution < -0.4 is 5.43 Å². The van der Waals surface area contributed by atoms with E-state index < -0.39 is 0 Å². The number of hydrazone groups is 1. The van der Waals surface area contributed by atoms with Crippen LogP contribution in [-0.2, 0) is 0 Å². The van der Waals surface area contributed by atoms with Gasteiger partial charge in [-0.05, 0) is 59.7 Å². The molecule has 128 valence electrons. The number of aromatic nitrogens is 2. The lowest BCUT2D eigenvalue weighted by Gasteiger charge is -2.08. The molecule has 5 nitrogen and oxygen atoms in total. The van der Waals surface area contributed by atoms with Gasteiger partial charge in [-0.25, -0.2) is 4.39 Å². The Labute approximate surface area is 162 Å². The lowest BCUT2D eigenvalue weighted by molar-refractivity contribution is 0.628. The molecule has 0 aliphatic heterocycles. The zero-order valence-electron chi connectivity index (χ0n) is 13.2. The molecule has 2 aromatic carbocycles. The van der Waals surface area contributed by atoms with E-state index in [1.807, 2.05) is 24.3 Å². The van der Waals surface area contributed by atoms with Crippen molar-refractivity contribution < 1.29 is 4.39 Å². The van der Waals surface area contributed by atoms with Crippen molar-refractivity contribution in [3.63, 3.8) is 0 Å². The molecule has 0 aliphatic rings. The minimum atomic E-state index is -0.364. The van der Waals surface area contributed by atoms with E-state index in [1.54, 1.807) is 18.3 Å². The quantitative estimate of drug-likeness (QED) is 0.347. The molecule has 0 aliphatic carbocycles. The zero-order chi connectivity index (χ0) is 18.5. The van der Waals surface area contributed by atoms with E-state index >= 15 is 0 Å². The highest BCUT2D eigenvalue weighted by Gasteiger charge is 2.12. The Morgan fingerprint density at radius 2 is 1.88 bits per heavy atom.